The Hall–Kier alpha value is -2.18. The van der Waals surface area contributed by atoms with Crippen molar-refractivity contribution in [1.82, 2.24) is 9.55 Å². The Morgan fingerprint density at radius 3 is 2.46 bits per heavy atom. The molecule has 0 aliphatic carbocycles. The van der Waals surface area contributed by atoms with Crippen molar-refractivity contribution in [3.05, 3.63) is 59.1 Å². The van der Waals surface area contributed by atoms with E-state index in [0.717, 1.165) is 0 Å². The van der Waals surface area contributed by atoms with E-state index in [-0.39, 0.29) is 12.2 Å². The van der Waals surface area contributed by atoms with E-state index in [0.29, 0.717) is 25.5 Å². The molecule has 2 aromatic heterocycles. The molecule has 0 aromatic carbocycles. The summed E-state index contributed by atoms with van der Waals surface area (Å²) in [6.07, 6.45) is 3.51. The molecule has 6 nitrogen and oxygen atoms in total. The fraction of sp³-hybridized carbons (Fsp3) is 0.444. The van der Waals surface area contributed by atoms with Crippen LogP contribution >= 0.6 is 0 Å². The third kappa shape index (κ3) is 10.5. The van der Waals surface area contributed by atoms with Crippen molar-refractivity contribution in [3.8, 4) is 5.88 Å². The molecule has 2 rings (SSSR count). The fourth-order valence-electron chi connectivity index (χ4n) is 1.57. The second-order valence-electron chi connectivity index (χ2n) is 4.63. The minimum atomic E-state index is -0.477. The molecule has 0 radical (unpaired) electrons. The average Bonchev–Trinajstić information content (AvgIpc) is 2.60. The van der Waals surface area contributed by atoms with E-state index in [1.165, 1.54) is 10.6 Å². The number of pyridine rings is 2. The topological polar surface area (TPSA) is 84.6 Å². The van der Waals surface area contributed by atoms with Crippen LogP contribution < -0.4 is 10.3 Å². The quantitative estimate of drug-likeness (QED) is 0.789. The molecule has 0 aliphatic heterocycles. The molecule has 2 aromatic rings. The maximum absolute atomic E-state index is 11.0. The molecule has 0 aliphatic rings. The summed E-state index contributed by atoms with van der Waals surface area (Å²) >= 11 is 0. The molecular weight excluding hydrogens is 308 g/mol. The third-order valence-electron chi connectivity index (χ3n) is 2.55. The monoisotopic (exact) mass is 336 g/mol. The SMILES string of the molecule is CC.CC(O)Cn1ccccc1=O.OCCCOc1ccccn1. The highest BCUT2D eigenvalue weighted by molar-refractivity contribution is 5.08. The summed E-state index contributed by atoms with van der Waals surface area (Å²) in [5.41, 5.74) is -0.0756. The second-order valence-corrected chi connectivity index (χ2v) is 4.63. The van der Waals surface area contributed by atoms with Crippen molar-refractivity contribution in [2.45, 2.75) is 39.8 Å². The van der Waals surface area contributed by atoms with Crippen molar-refractivity contribution in [1.29, 1.82) is 0 Å². The van der Waals surface area contributed by atoms with E-state index >= 15 is 0 Å². The molecule has 0 saturated heterocycles. The summed E-state index contributed by atoms with van der Waals surface area (Å²) in [7, 11) is 0. The highest BCUT2D eigenvalue weighted by atomic mass is 16.5. The summed E-state index contributed by atoms with van der Waals surface area (Å²) in [5, 5.41) is 17.4. The van der Waals surface area contributed by atoms with Crippen LogP contribution in [0.5, 0.6) is 5.88 Å². The van der Waals surface area contributed by atoms with Gasteiger partial charge in [-0.1, -0.05) is 26.0 Å². The van der Waals surface area contributed by atoms with Gasteiger partial charge in [-0.2, -0.15) is 0 Å². The van der Waals surface area contributed by atoms with E-state index < -0.39 is 6.10 Å². The van der Waals surface area contributed by atoms with Gasteiger partial charge in [-0.05, 0) is 19.1 Å². The Bertz CT molecular complexity index is 570. The third-order valence-corrected chi connectivity index (χ3v) is 2.55. The predicted octanol–water partition coefficient (Wildman–Crippen LogP) is 2.10. The van der Waals surface area contributed by atoms with E-state index in [1.807, 2.05) is 26.0 Å². The van der Waals surface area contributed by atoms with Crippen molar-refractivity contribution in [2.24, 2.45) is 0 Å². The summed E-state index contributed by atoms with van der Waals surface area (Å²) < 4.78 is 6.65. The lowest BCUT2D eigenvalue weighted by atomic mass is 10.4. The maximum atomic E-state index is 11.0. The molecule has 0 bridgehead atoms. The molecule has 24 heavy (non-hydrogen) atoms. The smallest absolute Gasteiger partial charge is 0.250 e. The molecule has 2 N–H and O–H groups in total. The number of aliphatic hydroxyl groups excluding tert-OH is 2. The molecule has 0 saturated carbocycles. The number of aromatic nitrogens is 2. The van der Waals surface area contributed by atoms with Gasteiger partial charge in [0, 0.05) is 37.6 Å². The van der Waals surface area contributed by atoms with E-state index in [9.17, 15) is 4.79 Å². The van der Waals surface area contributed by atoms with Gasteiger partial charge < -0.3 is 19.5 Å². The highest BCUT2D eigenvalue weighted by Gasteiger charge is 1.97. The van der Waals surface area contributed by atoms with Crippen LogP contribution in [0, 0.1) is 0 Å². The lowest BCUT2D eigenvalue weighted by Crippen LogP contribution is -2.23. The maximum Gasteiger partial charge on any atom is 0.250 e. The highest BCUT2D eigenvalue weighted by Crippen LogP contribution is 2.02. The number of aliphatic hydroxyl groups is 2. The Labute approximate surface area is 143 Å². The number of ether oxygens (including phenoxy) is 1. The summed E-state index contributed by atoms with van der Waals surface area (Å²) in [6.45, 7) is 6.69. The van der Waals surface area contributed by atoms with Crippen LogP contribution in [0.15, 0.2) is 53.6 Å². The van der Waals surface area contributed by atoms with Crippen LogP contribution in [0.3, 0.4) is 0 Å². The van der Waals surface area contributed by atoms with Gasteiger partial charge in [-0.3, -0.25) is 4.79 Å². The van der Waals surface area contributed by atoms with Gasteiger partial charge in [0.1, 0.15) is 0 Å². The normalized spacial score (nSPS) is 10.5. The molecule has 0 fully saturated rings. The zero-order valence-electron chi connectivity index (χ0n) is 14.6. The largest absolute Gasteiger partial charge is 0.478 e. The van der Waals surface area contributed by atoms with Gasteiger partial charge in [-0.25, -0.2) is 4.98 Å². The number of rotatable bonds is 6. The number of nitrogens with zero attached hydrogens (tertiary/aromatic N) is 2. The first-order valence-corrected chi connectivity index (χ1v) is 8.11. The van der Waals surface area contributed by atoms with Gasteiger partial charge in [0.15, 0.2) is 0 Å². The molecule has 0 amide bonds. The Balaban J connectivity index is 0.000000400. The van der Waals surface area contributed by atoms with Crippen LogP contribution in [0.25, 0.3) is 0 Å². The van der Waals surface area contributed by atoms with Gasteiger partial charge in [0.05, 0.1) is 19.3 Å². The van der Waals surface area contributed by atoms with Gasteiger partial charge in [-0.15, -0.1) is 0 Å². The standard InChI is InChI=1S/2C8H11NO2.C2H6/c1-7(10)6-9-5-3-2-4-8(9)11;10-6-3-7-11-8-4-1-2-5-9-8;1-2/h2-5,7,10H,6H2,1H3;1-2,4-5,10H,3,6-7H2;1-2H3. The van der Waals surface area contributed by atoms with Crippen molar-refractivity contribution >= 4 is 0 Å². The van der Waals surface area contributed by atoms with E-state index in [2.05, 4.69) is 4.98 Å². The van der Waals surface area contributed by atoms with Crippen LogP contribution in [-0.2, 0) is 6.54 Å². The fourth-order valence-corrected chi connectivity index (χ4v) is 1.57. The molecule has 0 spiro atoms. The Morgan fingerprint density at radius 2 is 1.92 bits per heavy atom. The molecule has 6 heteroatoms. The van der Waals surface area contributed by atoms with Gasteiger partial charge >= 0.3 is 0 Å². The summed E-state index contributed by atoms with van der Waals surface area (Å²) in [5.74, 6) is 0.612. The summed E-state index contributed by atoms with van der Waals surface area (Å²) in [4.78, 5) is 15.0. The van der Waals surface area contributed by atoms with E-state index in [4.69, 9.17) is 14.9 Å². The van der Waals surface area contributed by atoms with Crippen LogP contribution in [0.1, 0.15) is 27.2 Å². The molecule has 1 unspecified atom stereocenters. The first-order valence-electron chi connectivity index (χ1n) is 8.11. The average molecular weight is 336 g/mol. The van der Waals surface area contributed by atoms with Crippen LogP contribution in [-0.4, -0.2) is 39.1 Å². The predicted molar refractivity (Wildman–Crippen MR) is 95.2 cm³/mol. The lowest BCUT2D eigenvalue weighted by molar-refractivity contribution is 0.172. The van der Waals surface area contributed by atoms with Gasteiger partial charge in [0.2, 0.25) is 5.88 Å². The number of hydrogen-bond donors (Lipinski definition) is 2. The molecular formula is C18H28N2O4. The first-order chi connectivity index (χ1) is 11.6. The van der Waals surface area contributed by atoms with Gasteiger partial charge in [0.25, 0.3) is 5.56 Å². The molecule has 134 valence electrons. The zero-order chi connectivity index (χ0) is 18.2. The second kappa shape index (κ2) is 14.4. The minimum Gasteiger partial charge on any atom is -0.478 e. The zero-order valence-corrected chi connectivity index (χ0v) is 14.6. The van der Waals surface area contributed by atoms with Crippen molar-refractivity contribution in [2.75, 3.05) is 13.2 Å². The Kier molecular flexibility index (Phi) is 13.1. The molecule has 2 heterocycles. The molecule has 1 atom stereocenters. The lowest BCUT2D eigenvalue weighted by Gasteiger charge is -2.05. The Morgan fingerprint density at radius 1 is 1.21 bits per heavy atom. The minimum absolute atomic E-state index is 0.0756. The van der Waals surface area contributed by atoms with Crippen LogP contribution in [0.2, 0.25) is 0 Å². The van der Waals surface area contributed by atoms with Crippen molar-refractivity contribution in [3.63, 3.8) is 0 Å². The first kappa shape index (κ1) is 21.8. The van der Waals surface area contributed by atoms with E-state index in [1.54, 1.807) is 37.5 Å². The van der Waals surface area contributed by atoms with Crippen molar-refractivity contribution < 1.29 is 14.9 Å². The number of hydrogen-bond acceptors (Lipinski definition) is 5. The van der Waals surface area contributed by atoms with Crippen LogP contribution in [0.4, 0.5) is 0 Å². The summed E-state index contributed by atoms with van der Waals surface area (Å²) in [6, 6.07) is 10.4.